The van der Waals surface area contributed by atoms with Crippen molar-refractivity contribution < 1.29 is 32.3 Å². The van der Waals surface area contributed by atoms with Crippen molar-refractivity contribution >= 4 is 33.5 Å². The Hall–Kier alpha value is -1.62. The van der Waals surface area contributed by atoms with E-state index in [1.807, 2.05) is 0 Å². The molecule has 1 saturated heterocycles. The van der Waals surface area contributed by atoms with Gasteiger partial charge in [0.2, 0.25) is 10.0 Å². The maximum atomic E-state index is 12.3. The van der Waals surface area contributed by atoms with Crippen LogP contribution in [-0.2, 0) is 19.6 Å². The van der Waals surface area contributed by atoms with Crippen LogP contribution >= 0.6 is 11.6 Å². The zero-order chi connectivity index (χ0) is 17.9. The van der Waals surface area contributed by atoms with Gasteiger partial charge in [0.1, 0.15) is 6.54 Å². The van der Waals surface area contributed by atoms with E-state index in [4.69, 9.17) is 25.9 Å². The minimum atomic E-state index is -3.71. The summed E-state index contributed by atoms with van der Waals surface area (Å²) in [5.41, 5.74) is 0. The first-order valence-corrected chi connectivity index (χ1v) is 9.22. The molecule has 0 radical (unpaired) electrons. The lowest BCUT2D eigenvalue weighted by atomic mass is 10.2. The number of sulfonamides is 1. The third kappa shape index (κ3) is 4.94. The van der Waals surface area contributed by atoms with Gasteiger partial charge in [-0.1, -0.05) is 0 Å². The molecule has 2 rings (SSSR count). The average molecular weight is 381 g/mol. The van der Waals surface area contributed by atoms with Gasteiger partial charge in [-0.3, -0.25) is 9.59 Å². The van der Waals surface area contributed by atoms with Crippen molar-refractivity contribution in [2.75, 3.05) is 39.0 Å². The van der Waals surface area contributed by atoms with Gasteiger partial charge in [0.05, 0.1) is 19.0 Å². The van der Waals surface area contributed by atoms with Crippen LogP contribution in [0.1, 0.15) is 10.6 Å². The number of carboxylic acids is 1. The molecule has 24 heavy (non-hydrogen) atoms. The highest BCUT2D eigenvalue weighted by Gasteiger charge is 2.31. The topological polar surface area (TPSA) is 117 Å². The second kappa shape index (κ2) is 7.51. The molecule has 134 valence electrons. The largest absolute Gasteiger partial charge is 0.480 e. The molecule has 1 N–H and O–H groups in total. The van der Waals surface area contributed by atoms with Crippen molar-refractivity contribution in [2.45, 2.75) is 6.10 Å². The van der Waals surface area contributed by atoms with Crippen LogP contribution < -0.4 is 0 Å². The molecule has 9 nitrogen and oxygen atoms in total. The van der Waals surface area contributed by atoms with E-state index in [1.165, 1.54) is 17.0 Å². The normalized spacial score (nSPS) is 18.8. The number of hydrogen-bond acceptors (Lipinski definition) is 6. The zero-order valence-corrected chi connectivity index (χ0v) is 14.4. The van der Waals surface area contributed by atoms with Crippen molar-refractivity contribution in [2.24, 2.45) is 0 Å². The molecule has 1 aromatic heterocycles. The second-order valence-corrected chi connectivity index (χ2v) is 7.65. The minimum Gasteiger partial charge on any atom is -0.480 e. The molecular formula is C13H17ClN2O7S. The van der Waals surface area contributed by atoms with E-state index in [0.717, 1.165) is 10.6 Å². The summed E-state index contributed by atoms with van der Waals surface area (Å²) < 4.78 is 34.7. The van der Waals surface area contributed by atoms with E-state index in [2.05, 4.69) is 0 Å². The summed E-state index contributed by atoms with van der Waals surface area (Å²) in [5, 5.41) is 8.92. The smallest absolute Gasteiger partial charge is 0.318 e. The lowest BCUT2D eigenvalue weighted by molar-refractivity contribution is -0.137. The van der Waals surface area contributed by atoms with E-state index in [-0.39, 0.29) is 36.6 Å². The number of morpholine rings is 1. The monoisotopic (exact) mass is 380 g/mol. The molecule has 0 saturated carbocycles. The quantitative estimate of drug-likeness (QED) is 0.744. The van der Waals surface area contributed by atoms with Gasteiger partial charge in [0.15, 0.2) is 11.0 Å². The van der Waals surface area contributed by atoms with Gasteiger partial charge < -0.3 is 19.2 Å². The maximum absolute atomic E-state index is 12.3. The van der Waals surface area contributed by atoms with Crippen LogP contribution in [0.5, 0.6) is 0 Å². The van der Waals surface area contributed by atoms with Crippen LogP contribution in [0.3, 0.4) is 0 Å². The van der Waals surface area contributed by atoms with Crippen molar-refractivity contribution in [3.63, 3.8) is 0 Å². The summed E-state index contributed by atoms with van der Waals surface area (Å²) in [6.45, 7) is -0.196. The van der Waals surface area contributed by atoms with Gasteiger partial charge in [-0.2, -0.15) is 4.31 Å². The van der Waals surface area contributed by atoms with Crippen molar-refractivity contribution in [1.29, 1.82) is 0 Å². The molecule has 1 fully saturated rings. The van der Waals surface area contributed by atoms with Crippen LogP contribution in [0.15, 0.2) is 16.5 Å². The Morgan fingerprint density at radius 1 is 1.46 bits per heavy atom. The Kier molecular flexibility index (Phi) is 5.86. The van der Waals surface area contributed by atoms with Gasteiger partial charge >= 0.3 is 5.97 Å². The highest BCUT2D eigenvalue weighted by molar-refractivity contribution is 7.88. The highest BCUT2D eigenvalue weighted by atomic mass is 35.5. The molecule has 0 aliphatic carbocycles. The predicted molar refractivity (Wildman–Crippen MR) is 83.4 cm³/mol. The molecule has 0 spiro atoms. The molecule has 1 aromatic rings. The van der Waals surface area contributed by atoms with Gasteiger partial charge in [-0.25, -0.2) is 8.42 Å². The number of carboxylic acid groups (broad SMARTS) is 1. The van der Waals surface area contributed by atoms with Gasteiger partial charge in [0, 0.05) is 19.6 Å². The van der Waals surface area contributed by atoms with E-state index in [1.54, 1.807) is 0 Å². The first-order valence-electron chi connectivity index (χ1n) is 7.00. The number of ether oxygens (including phenoxy) is 1. The van der Waals surface area contributed by atoms with Crippen LogP contribution in [-0.4, -0.2) is 79.8 Å². The molecule has 2 heterocycles. The molecule has 11 heteroatoms. The van der Waals surface area contributed by atoms with Gasteiger partial charge in [-0.05, 0) is 23.7 Å². The number of furan rings is 1. The molecule has 1 atom stereocenters. The molecular weight excluding hydrogens is 364 g/mol. The third-order valence-corrected chi connectivity index (χ3v) is 4.82. The molecule has 0 bridgehead atoms. The molecule has 1 aliphatic rings. The number of halogens is 1. The van der Waals surface area contributed by atoms with Crippen molar-refractivity contribution in [3.8, 4) is 0 Å². The van der Waals surface area contributed by atoms with Crippen molar-refractivity contribution in [1.82, 2.24) is 9.21 Å². The van der Waals surface area contributed by atoms with E-state index >= 15 is 0 Å². The van der Waals surface area contributed by atoms with Crippen LogP contribution in [0.25, 0.3) is 0 Å². The number of rotatable bonds is 6. The Bertz CT molecular complexity index is 718. The Morgan fingerprint density at radius 3 is 2.71 bits per heavy atom. The molecule has 1 aliphatic heterocycles. The van der Waals surface area contributed by atoms with Crippen LogP contribution in [0.4, 0.5) is 0 Å². The molecule has 0 unspecified atom stereocenters. The summed E-state index contributed by atoms with van der Waals surface area (Å²) in [5.74, 6) is -1.58. The average Bonchev–Trinajstić information content (AvgIpc) is 2.91. The fourth-order valence-corrected chi connectivity index (χ4v) is 3.22. The van der Waals surface area contributed by atoms with E-state index in [0.29, 0.717) is 6.54 Å². The summed E-state index contributed by atoms with van der Waals surface area (Å²) in [6, 6.07) is 2.90. The molecule has 1 amide bonds. The van der Waals surface area contributed by atoms with Crippen LogP contribution in [0.2, 0.25) is 5.22 Å². The number of aliphatic carboxylic acids is 1. The summed E-state index contributed by atoms with van der Waals surface area (Å²) in [4.78, 5) is 24.6. The number of carbonyl (C=O) groups excluding carboxylic acids is 1. The summed E-state index contributed by atoms with van der Waals surface area (Å²) in [6.07, 6.45) is 0.286. The maximum Gasteiger partial charge on any atom is 0.318 e. The SMILES string of the molecule is CS(=O)(=O)N(CC(=O)O)C[C@H]1CN(C(=O)c2ccc(Cl)o2)CCO1. The lowest BCUT2D eigenvalue weighted by Crippen LogP contribution is -2.51. The standard InChI is InChI=1S/C13H17ClN2O7S/c1-24(20,21)16(8-12(17)18)7-9-6-15(4-5-22-9)13(19)10-2-3-11(14)23-10/h2-3,9H,4-8H2,1H3,(H,17,18)/t9-/m1/s1. The fraction of sp³-hybridized carbons (Fsp3) is 0.538. The van der Waals surface area contributed by atoms with E-state index in [9.17, 15) is 18.0 Å². The fourth-order valence-electron chi connectivity index (χ4n) is 2.29. The zero-order valence-electron chi connectivity index (χ0n) is 12.8. The minimum absolute atomic E-state index is 0.0751. The number of carbonyl (C=O) groups is 2. The first-order chi connectivity index (χ1) is 11.2. The first kappa shape index (κ1) is 18.7. The highest BCUT2D eigenvalue weighted by Crippen LogP contribution is 2.17. The van der Waals surface area contributed by atoms with Crippen molar-refractivity contribution in [3.05, 3.63) is 23.1 Å². The van der Waals surface area contributed by atoms with Gasteiger partial charge in [-0.15, -0.1) is 0 Å². The number of amides is 1. The predicted octanol–water partition coefficient (Wildman–Crippen LogP) is 0.120. The van der Waals surface area contributed by atoms with Crippen LogP contribution in [0, 0.1) is 0 Å². The number of hydrogen-bond donors (Lipinski definition) is 1. The Balaban J connectivity index is 2.04. The Labute approximate surface area is 143 Å². The Morgan fingerprint density at radius 2 is 2.17 bits per heavy atom. The van der Waals surface area contributed by atoms with Gasteiger partial charge in [0.25, 0.3) is 5.91 Å². The van der Waals surface area contributed by atoms with E-state index < -0.39 is 28.6 Å². The summed E-state index contributed by atoms with van der Waals surface area (Å²) >= 11 is 5.65. The number of nitrogens with zero attached hydrogens (tertiary/aromatic N) is 2. The summed E-state index contributed by atoms with van der Waals surface area (Å²) in [7, 11) is -3.71. The third-order valence-electron chi connectivity index (χ3n) is 3.40. The second-order valence-electron chi connectivity index (χ2n) is 5.30. The molecule has 0 aromatic carbocycles. The lowest BCUT2D eigenvalue weighted by Gasteiger charge is -2.34.